The van der Waals surface area contributed by atoms with E-state index in [-0.39, 0.29) is 5.91 Å². The van der Waals surface area contributed by atoms with Crippen LogP contribution >= 0.6 is 0 Å². The number of carbonyl (C=O) groups is 1. The summed E-state index contributed by atoms with van der Waals surface area (Å²) in [5.41, 5.74) is 2.40. The normalized spacial score (nSPS) is 10.2. The van der Waals surface area contributed by atoms with E-state index in [9.17, 15) is 4.79 Å². The van der Waals surface area contributed by atoms with Gasteiger partial charge in [0.25, 0.3) is 5.91 Å². The van der Waals surface area contributed by atoms with Crippen LogP contribution in [0.1, 0.15) is 21.5 Å². The molecule has 0 aliphatic carbocycles. The van der Waals surface area contributed by atoms with Crippen LogP contribution in [-0.2, 0) is 13.2 Å². The van der Waals surface area contributed by atoms with Gasteiger partial charge in [-0.1, -0.05) is 30.3 Å². The van der Waals surface area contributed by atoms with Gasteiger partial charge in [0.1, 0.15) is 18.1 Å². The molecule has 0 bridgehead atoms. The number of amides is 1. The van der Waals surface area contributed by atoms with E-state index in [0.717, 1.165) is 16.9 Å². The van der Waals surface area contributed by atoms with Crippen molar-refractivity contribution in [3.05, 3.63) is 89.7 Å². The number of rotatable bonds is 7. The van der Waals surface area contributed by atoms with Gasteiger partial charge in [-0.2, -0.15) is 0 Å². The number of benzene rings is 2. The van der Waals surface area contributed by atoms with Crippen LogP contribution in [0.4, 0.5) is 0 Å². The Morgan fingerprint density at radius 3 is 2.42 bits per heavy atom. The van der Waals surface area contributed by atoms with Gasteiger partial charge in [0.05, 0.1) is 12.7 Å². The van der Waals surface area contributed by atoms with Gasteiger partial charge >= 0.3 is 0 Å². The molecule has 1 N–H and O–H groups in total. The maximum Gasteiger partial charge on any atom is 0.255 e. The van der Waals surface area contributed by atoms with Crippen molar-refractivity contribution in [3.63, 3.8) is 0 Å². The van der Waals surface area contributed by atoms with Crippen LogP contribution in [0.5, 0.6) is 11.5 Å². The summed E-state index contributed by atoms with van der Waals surface area (Å²) in [6.45, 7) is 0.751. The lowest BCUT2D eigenvalue weighted by Crippen LogP contribution is -2.23. The first-order valence-corrected chi connectivity index (χ1v) is 8.29. The van der Waals surface area contributed by atoms with Crippen molar-refractivity contribution in [1.29, 1.82) is 0 Å². The van der Waals surface area contributed by atoms with Crippen LogP contribution in [-0.4, -0.2) is 18.0 Å². The summed E-state index contributed by atoms with van der Waals surface area (Å²) < 4.78 is 11.1. The molecular weight excluding hydrogens is 328 g/mol. The lowest BCUT2D eigenvalue weighted by atomic mass is 10.1. The van der Waals surface area contributed by atoms with Crippen molar-refractivity contribution in [2.24, 2.45) is 0 Å². The average molecular weight is 348 g/mol. The Morgan fingerprint density at radius 1 is 0.962 bits per heavy atom. The van der Waals surface area contributed by atoms with Crippen LogP contribution < -0.4 is 14.8 Å². The number of nitrogens with zero attached hydrogens (tertiary/aromatic N) is 1. The summed E-state index contributed by atoms with van der Waals surface area (Å²) in [6, 6.07) is 18.6. The lowest BCUT2D eigenvalue weighted by molar-refractivity contribution is 0.0946. The highest BCUT2D eigenvalue weighted by Gasteiger charge is 2.13. The van der Waals surface area contributed by atoms with Crippen LogP contribution in [0.15, 0.2) is 73.1 Å². The molecule has 0 saturated carbocycles. The molecule has 0 radical (unpaired) electrons. The number of hydrogen-bond acceptors (Lipinski definition) is 4. The SMILES string of the molecule is COc1ccccc1CNC(=O)c1ccccc1OCc1ccncc1. The van der Waals surface area contributed by atoms with E-state index in [4.69, 9.17) is 9.47 Å². The van der Waals surface area contributed by atoms with E-state index in [1.54, 1.807) is 31.6 Å². The van der Waals surface area contributed by atoms with E-state index in [0.29, 0.717) is 24.5 Å². The van der Waals surface area contributed by atoms with Crippen LogP contribution in [0.25, 0.3) is 0 Å². The summed E-state index contributed by atoms with van der Waals surface area (Å²) in [5, 5.41) is 2.92. The Balaban J connectivity index is 1.67. The Kier molecular flexibility index (Phi) is 5.83. The minimum atomic E-state index is -0.193. The second kappa shape index (κ2) is 8.67. The summed E-state index contributed by atoms with van der Waals surface area (Å²) >= 11 is 0. The number of hydrogen-bond donors (Lipinski definition) is 1. The third-order valence-electron chi connectivity index (χ3n) is 3.91. The van der Waals surface area contributed by atoms with Gasteiger partial charge in [0.2, 0.25) is 0 Å². The fourth-order valence-corrected chi connectivity index (χ4v) is 2.54. The molecule has 1 aromatic heterocycles. The molecule has 5 nitrogen and oxygen atoms in total. The quantitative estimate of drug-likeness (QED) is 0.709. The zero-order valence-corrected chi connectivity index (χ0v) is 14.5. The number of carbonyl (C=O) groups excluding carboxylic acids is 1. The first-order chi connectivity index (χ1) is 12.8. The molecule has 5 heteroatoms. The fourth-order valence-electron chi connectivity index (χ4n) is 2.54. The molecule has 0 aliphatic heterocycles. The molecule has 2 aromatic carbocycles. The van der Waals surface area contributed by atoms with Gasteiger partial charge in [-0.25, -0.2) is 0 Å². The molecule has 1 amide bonds. The average Bonchev–Trinajstić information content (AvgIpc) is 2.71. The molecule has 0 fully saturated rings. The van der Waals surface area contributed by atoms with Gasteiger partial charge in [-0.05, 0) is 35.9 Å². The van der Waals surface area contributed by atoms with Crippen LogP contribution in [0.2, 0.25) is 0 Å². The smallest absolute Gasteiger partial charge is 0.255 e. The molecule has 3 rings (SSSR count). The second-order valence-corrected chi connectivity index (χ2v) is 5.63. The second-order valence-electron chi connectivity index (χ2n) is 5.63. The van der Waals surface area contributed by atoms with E-state index < -0.39 is 0 Å². The Morgan fingerprint density at radius 2 is 1.65 bits per heavy atom. The number of pyridine rings is 1. The van der Waals surface area contributed by atoms with Crippen molar-refractivity contribution in [1.82, 2.24) is 10.3 Å². The van der Waals surface area contributed by atoms with Crippen molar-refractivity contribution >= 4 is 5.91 Å². The molecule has 26 heavy (non-hydrogen) atoms. The number of methoxy groups -OCH3 is 1. The minimum Gasteiger partial charge on any atom is -0.496 e. The van der Waals surface area contributed by atoms with Gasteiger partial charge in [0.15, 0.2) is 0 Å². The largest absolute Gasteiger partial charge is 0.496 e. The zero-order chi connectivity index (χ0) is 18.2. The van der Waals surface area contributed by atoms with Gasteiger partial charge in [-0.15, -0.1) is 0 Å². The first kappa shape index (κ1) is 17.5. The topological polar surface area (TPSA) is 60.5 Å². The Bertz CT molecular complexity index is 866. The third kappa shape index (κ3) is 4.39. The van der Waals surface area contributed by atoms with Crippen LogP contribution in [0, 0.1) is 0 Å². The highest BCUT2D eigenvalue weighted by molar-refractivity contribution is 5.96. The third-order valence-corrected chi connectivity index (χ3v) is 3.91. The summed E-state index contributed by atoms with van der Waals surface area (Å²) in [7, 11) is 1.61. The van der Waals surface area contributed by atoms with Gasteiger partial charge < -0.3 is 14.8 Å². The van der Waals surface area contributed by atoms with Crippen molar-refractivity contribution in [3.8, 4) is 11.5 Å². The standard InChI is InChI=1S/C21H20N2O3/c1-25-19-8-4-2-6-17(19)14-23-21(24)18-7-3-5-9-20(18)26-15-16-10-12-22-13-11-16/h2-13H,14-15H2,1H3,(H,23,24). The van der Waals surface area contributed by atoms with E-state index in [2.05, 4.69) is 10.3 Å². The molecule has 132 valence electrons. The molecule has 0 atom stereocenters. The molecule has 1 heterocycles. The fraction of sp³-hybridized carbons (Fsp3) is 0.143. The highest BCUT2D eigenvalue weighted by atomic mass is 16.5. The molecule has 0 spiro atoms. The van der Waals surface area contributed by atoms with E-state index >= 15 is 0 Å². The number of nitrogens with one attached hydrogen (secondary N) is 1. The van der Waals surface area contributed by atoms with Crippen molar-refractivity contribution in [2.75, 3.05) is 7.11 Å². The number of aromatic nitrogens is 1. The maximum absolute atomic E-state index is 12.6. The molecule has 3 aromatic rings. The summed E-state index contributed by atoms with van der Waals surface area (Å²) in [6.07, 6.45) is 3.43. The van der Waals surface area contributed by atoms with Crippen molar-refractivity contribution < 1.29 is 14.3 Å². The molecule has 0 unspecified atom stereocenters. The van der Waals surface area contributed by atoms with E-state index in [1.165, 1.54) is 0 Å². The Labute approximate surface area is 152 Å². The highest BCUT2D eigenvalue weighted by Crippen LogP contribution is 2.21. The molecule has 0 aliphatic rings. The predicted molar refractivity (Wildman–Crippen MR) is 99.2 cm³/mol. The number of para-hydroxylation sites is 2. The maximum atomic E-state index is 12.6. The monoisotopic (exact) mass is 348 g/mol. The van der Waals surface area contributed by atoms with Gasteiger partial charge in [-0.3, -0.25) is 9.78 Å². The van der Waals surface area contributed by atoms with Crippen molar-refractivity contribution in [2.45, 2.75) is 13.2 Å². The Hall–Kier alpha value is -3.34. The van der Waals surface area contributed by atoms with E-state index in [1.807, 2.05) is 48.5 Å². The summed E-state index contributed by atoms with van der Waals surface area (Å²) in [4.78, 5) is 16.6. The zero-order valence-electron chi connectivity index (χ0n) is 14.5. The molecule has 0 saturated heterocycles. The minimum absolute atomic E-state index is 0.193. The number of ether oxygens (including phenoxy) is 2. The van der Waals surface area contributed by atoms with Crippen LogP contribution in [0.3, 0.4) is 0 Å². The molecular formula is C21H20N2O3. The first-order valence-electron chi connectivity index (χ1n) is 8.29. The van der Waals surface area contributed by atoms with Gasteiger partial charge in [0, 0.05) is 24.5 Å². The lowest BCUT2D eigenvalue weighted by Gasteiger charge is -2.13. The summed E-state index contributed by atoms with van der Waals surface area (Å²) in [5.74, 6) is 1.10. The predicted octanol–water partition coefficient (Wildman–Crippen LogP) is 3.60.